The number of amides is 4. The van der Waals surface area contributed by atoms with Gasteiger partial charge in [0.05, 0.1) is 34.9 Å². The van der Waals surface area contributed by atoms with Gasteiger partial charge in [-0.3, -0.25) is 29.2 Å². The lowest BCUT2D eigenvalue weighted by atomic mass is 10.1. The highest BCUT2D eigenvalue weighted by Crippen LogP contribution is 2.30. The van der Waals surface area contributed by atoms with Gasteiger partial charge in [0.1, 0.15) is 29.9 Å². The van der Waals surface area contributed by atoms with E-state index in [1.165, 1.54) is 23.5 Å². The number of hydrogen-bond donors (Lipinski definition) is 4. The highest BCUT2D eigenvalue weighted by Gasteiger charge is 2.41. The largest absolute Gasteiger partial charge is 0.508 e. The molecule has 4 aliphatic heterocycles. The summed E-state index contributed by atoms with van der Waals surface area (Å²) >= 11 is 2.87. The Labute approximate surface area is 277 Å². The molecule has 5 rings (SSSR count). The van der Waals surface area contributed by atoms with Crippen molar-refractivity contribution in [3.8, 4) is 5.75 Å². The summed E-state index contributed by atoms with van der Waals surface area (Å²) in [7, 11) is 0. The van der Waals surface area contributed by atoms with Crippen LogP contribution in [0.4, 0.5) is 0 Å². The van der Waals surface area contributed by atoms with Crippen LogP contribution in [0.5, 0.6) is 5.75 Å². The maximum absolute atomic E-state index is 13.7. The highest BCUT2D eigenvalue weighted by molar-refractivity contribution is 8.14. The molecule has 1 aromatic rings. The molecule has 1 saturated heterocycles. The maximum Gasteiger partial charge on any atom is 0.246 e. The molecule has 4 heterocycles. The lowest BCUT2D eigenvalue weighted by Crippen LogP contribution is -2.58. The van der Waals surface area contributed by atoms with Gasteiger partial charge in [-0.15, -0.1) is 23.5 Å². The molecule has 0 aromatic heterocycles. The van der Waals surface area contributed by atoms with Crippen molar-refractivity contribution in [3.63, 3.8) is 0 Å². The first-order valence-electron chi connectivity index (χ1n) is 15.7. The minimum Gasteiger partial charge on any atom is -0.508 e. The maximum atomic E-state index is 13.7. The van der Waals surface area contributed by atoms with Crippen LogP contribution in [0.25, 0.3) is 0 Å². The molecular formula is C32H42N6O6S2. The number of carbonyl (C=O) groups is 4. The molecule has 46 heavy (non-hydrogen) atoms. The number of nitrogens with zero attached hydrogens (tertiary/aromatic N) is 3. The van der Waals surface area contributed by atoms with Gasteiger partial charge in [0.2, 0.25) is 23.6 Å². The monoisotopic (exact) mass is 670 g/mol. The Morgan fingerprint density at radius 1 is 1.00 bits per heavy atom. The molecule has 12 nitrogen and oxygen atoms in total. The van der Waals surface area contributed by atoms with Crippen LogP contribution in [0, 0.1) is 0 Å². The molecule has 1 aromatic carbocycles. The fourth-order valence-corrected chi connectivity index (χ4v) is 8.06. The van der Waals surface area contributed by atoms with Gasteiger partial charge < -0.3 is 30.7 Å². The Kier molecular flexibility index (Phi) is 11.1. The normalized spacial score (nSPS) is 29.4. The minimum absolute atomic E-state index is 0.137. The summed E-state index contributed by atoms with van der Waals surface area (Å²) in [5.74, 6) is -0.536. The van der Waals surface area contributed by atoms with E-state index in [0.29, 0.717) is 29.5 Å². The number of aliphatic imine (C=N–C) groups is 2. The number of rotatable bonds is 6. The van der Waals surface area contributed by atoms with Gasteiger partial charge in [-0.1, -0.05) is 23.8 Å². The van der Waals surface area contributed by atoms with Gasteiger partial charge >= 0.3 is 0 Å². The number of phenols is 1. The van der Waals surface area contributed by atoms with Gasteiger partial charge in [0.25, 0.3) is 0 Å². The zero-order valence-corrected chi connectivity index (χ0v) is 28.2. The van der Waals surface area contributed by atoms with E-state index >= 15 is 0 Å². The number of carbonyl (C=O) groups excluding carboxylic acids is 4. The fraction of sp³-hybridized carbons (Fsp3) is 0.562. The summed E-state index contributed by atoms with van der Waals surface area (Å²) < 4.78 is 5.92. The summed E-state index contributed by atoms with van der Waals surface area (Å²) in [5, 5.41) is 19.9. The quantitative estimate of drug-likeness (QED) is 0.334. The Morgan fingerprint density at radius 2 is 1.65 bits per heavy atom. The van der Waals surface area contributed by atoms with E-state index in [9.17, 15) is 24.3 Å². The number of nitrogens with one attached hydrogen (secondary N) is 3. The second-order valence-electron chi connectivity index (χ2n) is 12.2. The zero-order valence-electron chi connectivity index (χ0n) is 26.5. The van der Waals surface area contributed by atoms with Crippen molar-refractivity contribution in [3.05, 3.63) is 41.5 Å². The molecule has 7 atom stereocenters. The zero-order chi connectivity index (χ0) is 33.0. The molecule has 0 saturated carbocycles. The molecule has 4 amide bonds. The Hall–Kier alpha value is -3.36. The number of allylic oxidation sites excluding steroid dienone is 1. The number of aromatic hydroxyl groups is 1. The standard InChI is InChI=1S/C32H42N6O6S2/c1-17(2)11-13-44-19(4)26-29(42)33-18(3)32(43)38-12-5-6-25(38)31-36-23(16-46-31)27(40)34-22(14-20-7-9-21(39)10-8-20)30-35-24(15-45-30)28(41)37-26/h7-11,18-19,22-26,39H,5-6,12-16H2,1-4H3,(H,33,42)(H,34,40)(H,37,41)/t18-,19+,22-,23-,24-,25-,26-/m0/s1. The van der Waals surface area contributed by atoms with Crippen LogP contribution in [0.2, 0.25) is 0 Å². The molecule has 0 aliphatic carbocycles. The van der Waals surface area contributed by atoms with Crippen LogP contribution in [0.1, 0.15) is 46.1 Å². The van der Waals surface area contributed by atoms with E-state index in [-0.39, 0.29) is 30.2 Å². The SMILES string of the molecule is CC(C)=CCO[C@H](C)[C@@H]1NC(=O)[C@@H]2CSC(=N2)[C@H](Cc2ccc(O)cc2)NC(=O)[C@@H]2CSC(=N2)[C@@H]2CCCN2C(=O)[C@H](C)NC1=O. The summed E-state index contributed by atoms with van der Waals surface area (Å²) in [6, 6.07) is 2.59. The Bertz CT molecular complexity index is 1430. The summed E-state index contributed by atoms with van der Waals surface area (Å²) in [4.78, 5) is 65.7. The first kappa shape index (κ1) is 34.0. The van der Waals surface area contributed by atoms with E-state index in [4.69, 9.17) is 14.7 Å². The van der Waals surface area contributed by atoms with Gasteiger partial charge in [-0.25, -0.2) is 0 Å². The second kappa shape index (κ2) is 15.0. The van der Waals surface area contributed by atoms with Crippen molar-refractivity contribution < 1.29 is 29.0 Å². The molecule has 0 radical (unpaired) electrons. The summed E-state index contributed by atoms with van der Waals surface area (Å²) in [5.41, 5.74) is 1.93. The Morgan fingerprint density at radius 3 is 2.35 bits per heavy atom. The number of hydrogen-bond acceptors (Lipinski definition) is 10. The van der Waals surface area contributed by atoms with E-state index in [0.717, 1.165) is 29.0 Å². The molecule has 4 bridgehead atoms. The second-order valence-corrected chi connectivity index (χ2v) is 14.3. The van der Waals surface area contributed by atoms with Crippen molar-refractivity contribution in [1.82, 2.24) is 20.9 Å². The van der Waals surface area contributed by atoms with E-state index < -0.39 is 48.1 Å². The van der Waals surface area contributed by atoms with Crippen molar-refractivity contribution >= 4 is 57.2 Å². The summed E-state index contributed by atoms with van der Waals surface area (Å²) in [6.07, 6.45) is 3.09. The number of thioether (sulfide) groups is 2. The van der Waals surface area contributed by atoms with Crippen molar-refractivity contribution in [1.29, 1.82) is 0 Å². The van der Waals surface area contributed by atoms with Crippen LogP contribution in [0.3, 0.4) is 0 Å². The predicted octanol–water partition coefficient (Wildman–Crippen LogP) is 1.81. The van der Waals surface area contributed by atoms with E-state index in [1.54, 1.807) is 43.0 Å². The third-order valence-corrected chi connectivity index (χ3v) is 10.7. The van der Waals surface area contributed by atoms with Gasteiger partial charge in [-0.2, -0.15) is 0 Å². The minimum atomic E-state index is -1.08. The van der Waals surface area contributed by atoms with Crippen LogP contribution in [-0.4, -0.2) is 111 Å². The number of benzene rings is 1. The van der Waals surface area contributed by atoms with Gasteiger partial charge in [-0.05, 0) is 64.7 Å². The smallest absolute Gasteiger partial charge is 0.246 e. The predicted molar refractivity (Wildman–Crippen MR) is 180 cm³/mol. The lowest BCUT2D eigenvalue weighted by Gasteiger charge is -2.30. The topological polar surface area (TPSA) is 162 Å². The molecule has 14 heteroatoms. The third-order valence-electron chi connectivity index (χ3n) is 8.39. The molecule has 1 fully saturated rings. The molecular weight excluding hydrogens is 629 g/mol. The van der Waals surface area contributed by atoms with Crippen molar-refractivity contribution in [2.75, 3.05) is 24.7 Å². The molecule has 4 N–H and O–H groups in total. The summed E-state index contributed by atoms with van der Waals surface area (Å²) in [6.45, 7) is 8.02. The van der Waals surface area contributed by atoms with Crippen LogP contribution < -0.4 is 16.0 Å². The number of ether oxygens (including phenoxy) is 1. The van der Waals surface area contributed by atoms with Gasteiger partial charge in [0, 0.05) is 18.1 Å². The fourth-order valence-electron chi connectivity index (χ4n) is 5.77. The average molecular weight is 671 g/mol. The average Bonchev–Trinajstić information content (AvgIpc) is 3.80. The van der Waals surface area contributed by atoms with Crippen LogP contribution in [-0.2, 0) is 30.3 Å². The van der Waals surface area contributed by atoms with Crippen LogP contribution >= 0.6 is 23.5 Å². The molecule has 0 spiro atoms. The van der Waals surface area contributed by atoms with Crippen molar-refractivity contribution in [2.24, 2.45) is 9.98 Å². The first-order valence-corrected chi connectivity index (χ1v) is 17.6. The van der Waals surface area contributed by atoms with E-state index in [2.05, 4.69) is 16.0 Å². The molecule has 4 aliphatic rings. The molecule has 248 valence electrons. The van der Waals surface area contributed by atoms with E-state index in [1.807, 2.05) is 19.9 Å². The number of phenolic OH excluding ortho intramolecular Hbond substituents is 1. The van der Waals surface area contributed by atoms with Gasteiger partial charge in [0.15, 0.2) is 0 Å². The molecule has 0 unspecified atom stereocenters. The Balaban J connectivity index is 1.46. The van der Waals surface area contributed by atoms with Crippen LogP contribution in [0.15, 0.2) is 45.9 Å². The van der Waals surface area contributed by atoms with Crippen molar-refractivity contribution in [2.45, 2.75) is 89.3 Å². The number of fused-ring (bicyclic) bond motifs is 4. The lowest BCUT2D eigenvalue weighted by molar-refractivity contribution is -0.138. The first-order chi connectivity index (χ1) is 22.0. The third kappa shape index (κ3) is 8.13. The highest BCUT2D eigenvalue weighted by atomic mass is 32.2.